The summed E-state index contributed by atoms with van der Waals surface area (Å²) in [5, 5.41) is 6.46. The fourth-order valence-corrected chi connectivity index (χ4v) is 4.23. The number of hydrogen-bond donors (Lipinski definition) is 2. The predicted octanol–water partition coefficient (Wildman–Crippen LogP) is 4.39. The molecule has 1 heterocycles. The largest absolute Gasteiger partial charge is 0.355 e. The molecule has 0 radical (unpaired) electrons. The average Bonchev–Trinajstić information content (AvgIpc) is 3.36. The molecule has 2 N–H and O–H groups in total. The Kier molecular flexibility index (Phi) is 8.30. The van der Waals surface area contributed by atoms with Gasteiger partial charge in [-0.05, 0) is 53.9 Å². The lowest BCUT2D eigenvalue weighted by Gasteiger charge is -2.10. The van der Waals surface area contributed by atoms with E-state index in [-0.39, 0.29) is 23.4 Å². The van der Waals surface area contributed by atoms with E-state index in [0.717, 1.165) is 17.7 Å². The van der Waals surface area contributed by atoms with Crippen molar-refractivity contribution in [1.29, 1.82) is 0 Å². The van der Waals surface area contributed by atoms with E-state index < -0.39 is 0 Å². The molecule has 0 saturated heterocycles. The molecule has 0 bridgehead atoms. The van der Waals surface area contributed by atoms with Gasteiger partial charge in [0.05, 0.1) is 5.75 Å². The van der Waals surface area contributed by atoms with Gasteiger partial charge in [0, 0.05) is 36.7 Å². The van der Waals surface area contributed by atoms with Crippen LogP contribution in [0.1, 0.15) is 21.5 Å². The van der Waals surface area contributed by atoms with Gasteiger partial charge in [0.15, 0.2) is 5.16 Å². The Morgan fingerprint density at radius 1 is 0.886 bits per heavy atom. The number of carbonyl (C=O) groups excluding carboxylic acids is 2. The van der Waals surface area contributed by atoms with E-state index in [0.29, 0.717) is 23.8 Å². The third kappa shape index (κ3) is 7.04. The van der Waals surface area contributed by atoms with Crippen molar-refractivity contribution < 1.29 is 14.0 Å². The van der Waals surface area contributed by atoms with Crippen molar-refractivity contribution in [3.63, 3.8) is 0 Å². The second-order valence-corrected chi connectivity index (χ2v) is 8.75. The summed E-state index contributed by atoms with van der Waals surface area (Å²) < 4.78 is 14.9. The summed E-state index contributed by atoms with van der Waals surface area (Å²) in [5.74, 6) is -0.311. The van der Waals surface area contributed by atoms with Gasteiger partial charge >= 0.3 is 0 Å². The standard InChI is InChI=1S/C27H25FN4O2S/c28-23-10-6-21(7-11-23)18-31-26(34)22-8-12-24(13-9-22)32-17-16-30-27(32)35-19-25(33)29-15-14-20-4-2-1-3-5-20/h1-13,16-17H,14-15,18-19H2,(H,29,33)(H,31,34). The van der Waals surface area contributed by atoms with Crippen molar-refractivity contribution in [2.75, 3.05) is 12.3 Å². The topological polar surface area (TPSA) is 76.0 Å². The molecule has 178 valence electrons. The SMILES string of the molecule is O=C(CSc1nccn1-c1ccc(C(=O)NCc2ccc(F)cc2)cc1)NCCc1ccccc1. The lowest BCUT2D eigenvalue weighted by Crippen LogP contribution is -2.27. The van der Waals surface area contributed by atoms with Crippen LogP contribution in [0.3, 0.4) is 0 Å². The Morgan fingerprint density at radius 2 is 1.63 bits per heavy atom. The third-order valence-electron chi connectivity index (χ3n) is 5.29. The maximum absolute atomic E-state index is 13.0. The molecule has 0 spiro atoms. The summed E-state index contributed by atoms with van der Waals surface area (Å²) >= 11 is 1.35. The van der Waals surface area contributed by atoms with Gasteiger partial charge in [0.2, 0.25) is 5.91 Å². The molecule has 0 aliphatic rings. The first kappa shape index (κ1) is 24.2. The number of nitrogens with zero attached hydrogens (tertiary/aromatic N) is 2. The molecule has 0 unspecified atom stereocenters. The summed E-state index contributed by atoms with van der Waals surface area (Å²) in [5.41, 5.74) is 3.36. The van der Waals surface area contributed by atoms with Gasteiger partial charge in [-0.3, -0.25) is 14.2 Å². The van der Waals surface area contributed by atoms with Gasteiger partial charge in [0.25, 0.3) is 5.91 Å². The molecule has 35 heavy (non-hydrogen) atoms. The van der Waals surface area contributed by atoms with Crippen LogP contribution in [0.5, 0.6) is 0 Å². The predicted molar refractivity (Wildman–Crippen MR) is 135 cm³/mol. The van der Waals surface area contributed by atoms with Gasteiger partial charge in [-0.2, -0.15) is 0 Å². The highest BCUT2D eigenvalue weighted by Crippen LogP contribution is 2.20. The van der Waals surface area contributed by atoms with E-state index >= 15 is 0 Å². The number of carbonyl (C=O) groups is 2. The first-order valence-electron chi connectivity index (χ1n) is 11.2. The van der Waals surface area contributed by atoms with Crippen LogP contribution >= 0.6 is 11.8 Å². The average molecular weight is 489 g/mol. The van der Waals surface area contributed by atoms with Crippen molar-refractivity contribution in [2.24, 2.45) is 0 Å². The molecule has 0 aliphatic carbocycles. The zero-order valence-corrected chi connectivity index (χ0v) is 19.8. The minimum Gasteiger partial charge on any atom is -0.355 e. The highest BCUT2D eigenvalue weighted by Gasteiger charge is 2.11. The number of hydrogen-bond acceptors (Lipinski definition) is 4. The molecule has 0 saturated carbocycles. The smallest absolute Gasteiger partial charge is 0.251 e. The van der Waals surface area contributed by atoms with Crippen molar-refractivity contribution in [2.45, 2.75) is 18.1 Å². The molecular weight excluding hydrogens is 463 g/mol. The van der Waals surface area contributed by atoms with Gasteiger partial charge in [-0.15, -0.1) is 0 Å². The minimum atomic E-state index is -0.309. The Morgan fingerprint density at radius 3 is 2.37 bits per heavy atom. The highest BCUT2D eigenvalue weighted by molar-refractivity contribution is 7.99. The van der Waals surface area contributed by atoms with Gasteiger partial charge in [-0.1, -0.05) is 54.2 Å². The van der Waals surface area contributed by atoms with Gasteiger partial charge in [-0.25, -0.2) is 9.37 Å². The summed E-state index contributed by atoms with van der Waals surface area (Å²) in [6.45, 7) is 0.902. The second kappa shape index (κ2) is 12.0. The van der Waals surface area contributed by atoms with Crippen LogP contribution in [0.2, 0.25) is 0 Å². The summed E-state index contributed by atoms with van der Waals surface area (Å²) in [4.78, 5) is 29.1. The lowest BCUT2D eigenvalue weighted by atomic mass is 10.1. The molecule has 4 rings (SSSR count). The summed E-state index contributed by atoms with van der Waals surface area (Å²) in [6, 6.07) is 23.2. The zero-order valence-electron chi connectivity index (χ0n) is 19.0. The van der Waals surface area contributed by atoms with E-state index in [2.05, 4.69) is 15.6 Å². The van der Waals surface area contributed by atoms with Crippen molar-refractivity contribution in [3.8, 4) is 5.69 Å². The molecule has 4 aromatic rings. The van der Waals surface area contributed by atoms with E-state index in [1.54, 1.807) is 30.5 Å². The molecule has 6 nitrogen and oxygen atoms in total. The number of nitrogens with one attached hydrogen (secondary N) is 2. The maximum atomic E-state index is 13.0. The van der Waals surface area contributed by atoms with Crippen LogP contribution in [0.25, 0.3) is 5.69 Å². The highest BCUT2D eigenvalue weighted by atomic mass is 32.2. The normalized spacial score (nSPS) is 10.7. The fourth-order valence-electron chi connectivity index (χ4n) is 3.43. The Bertz CT molecular complexity index is 1260. The van der Waals surface area contributed by atoms with E-state index in [1.165, 1.54) is 29.5 Å². The monoisotopic (exact) mass is 488 g/mol. The van der Waals surface area contributed by atoms with Gasteiger partial charge in [0.1, 0.15) is 5.82 Å². The number of thioether (sulfide) groups is 1. The van der Waals surface area contributed by atoms with Crippen molar-refractivity contribution >= 4 is 23.6 Å². The number of benzene rings is 3. The summed E-state index contributed by atoms with van der Waals surface area (Å²) in [6.07, 6.45) is 4.29. The first-order valence-corrected chi connectivity index (χ1v) is 12.2. The van der Waals surface area contributed by atoms with Crippen LogP contribution < -0.4 is 10.6 Å². The quantitative estimate of drug-likeness (QED) is 0.325. The van der Waals surface area contributed by atoms with Crippen LogP contribution in [-0.2, 0) is 17.8 Å². The lowest BCUT2D eigenvalue weighted by molar-refractivity contribution is -0.118. The second-order valence-electron chi connectivity index (χ2n) is 7.81. The van der Waals surface area contributed by atoms with E-state index in [1.807, 2.05) is 53.2 Å². The number of rotatable bonds is 10. The minimum absolute atomic E-state index is 0.0475. The van der Waals surface area contributed by atoms with Crippen molar-refractivity contribution in [3.05, 3.63) is 114 Å². The third-order valence-corrected chi connectivity index (χ3v) is 6.26. The summed E-state index contributed by atoms with van der Waals surface area (Å²) in [7, 11) is 0. The maximum Gasteiger partial charge on any atom is 0.251 e. The first-order chi connectivity index (χ1) is 17.1. The van der Waals surface area contributed by atoms with Crippen LogP contribution in [0, 0.1) is 5.82 Å². The van der Waals surface area contributed by atoms with Gasteiger partial charge < -0.3 is 10.6 Å². The Labute approximate surface area is 207 Å². The fraction of sp³-hybridized carbons (Fsp3) is 0.148. The Balaban J connectivity index is 1.27. The van der Waals surface area contributed by atoms with E-state index in [9.17, 15) is 14.0 Å². The molecule has 0 aliphatic heterocycles. The zero-order chi connectivity index (χ0) is 24.5. The molecule has 8 heteroatoms. The van der Waals surface area contributed by atoms with E-state index in [4.69, 9.17) is 0 Å². The number of halogens is 1. The Hall–Kier alpha value is -3.91. The van der Waals surface area contributed by atoms with Crippen molar-refractivity contribution in [1.82, 2.24) is 20.2 Å². The van der Waals surface area contributed by atoms with Crippen LogP contribution in [-0.4, -0.2) is 33.7 Å². The van der Waals surface area contributed by atoms with Crippen LogP contribution in [0.15, 0.2) is 96.4 Å². The number of imidazole rings is 1. The molecule has 0 atom stereocenters. The van der Waals surface area contributed by atoms with Crippen LogP contribution in [0.4, 0.5) is 4.39 Å². The number of amides is 2. The molecule has 2 amide bonds. The molecule has 1 aromatic heterocycles. The molecule has 0 fully saturated rings. The molecular formula is C27H25FN4O2S. The molecule has 3 aromatic carbocycles. The number of aromatic nitrogens is 2.